The largest absolute Gasteiger partial charge is 0.489 e. The van der Waals surface area contributed by atoms with Gasteiger partial charge >= 0.3 is 0 Å². The summed E-state index contributed by atoms with van der Waals surface area (Å²) in [6, 6.07) is 17.8. The molecular weight excluding hydrogens is 274 g/mol. The third-order valence-electron chi connectivity index (χ3n) is 3.77. The van der Waals surface area contributed by atoms with Crippen LogP contribution in [-0.2, 0) is 16.8 Å². The monoisotopic (exact) mass is 297 g/mol. The van der Waals surface area contributed by atoms with E-state index in [2.05, 4.69) is 0 Å². The molecule has 0 saturated heterocycles. The molecule has 22 heavy (non-hydrogen) atoms. The quantitative estimate of drug-likeness (QED) is 0.843. The van der Waals surface area contributed by atoms with Crippen LogP contribution in [0.25, 0.3) is 0 Å². The zero-order valence-electron chi connectivity index (χ0n) is 13.7. The van der Waals surface area contributed by atoms with Crippen molar-refractivity contribution in [3.8, 4) is 5.75 Å². The molecule has 0 aliphatic rings. The SMILES string of the molecule is CN(C)C(=O)C(C)(C)c1ccc(OCc2ccccc2)cc1. The second kappa shape index (κ2) is 6.65. The second-order valence-corrected chi connectivity index (χ2v) is 6.12. The predicted octanol–water partition coefficient (Wildman–Crippen LogP) is 3.63. The zero-order chi connectivity index (χ0) is 16.2. The van der Waals surface area contributed by atoms with Crippen LogP contribution in [0.15, 0.2) is 54.6 Å². The van der Waals surface area contributed by atoms with Crippen LogP contribution < -0.4 is 4.74 Å². The fourth-order valence-electron chi connectivity index (χ4n) is 2.39. The molecule has 0 aliphatic carbocycles. The smallest absolute Gasteiger partial charge is 0.232 e. The number of ether oxygens (including phenoxy) is 1. The van der Waals surface area contributed by atoms with Gasteiger partial charge in [0, 0.05) is 14.1 Å². The molecule has 0 N–H and O–H groups in total. The molecule has 2 aromatic rings. The van der Waals surface area contributed by atoms with Gasteiger partial charge in [0.15, 0.2) is 0 Å². The lowest BCUT2D eigenvalue weighted by molar-refractivity contribution is -0.133. The molecule has 0 aliphatic heterocycles. The standard InChI is InChI=1S/C19H23NO2/c1-19(2,18(21)20(3)4)16-10-12-17(13-11-16)22-14-15-8-6-5-7-9-15/h5-13H,14H2,1-4H3. The Morgan fingerprint density at radius 1 is 1.00 bits per heavy atom. The minimum atomic E-state index is -0.540. The lowest BCUT2D eigenvalue weighted by Gasteiger charge is -2.27. The molecule has 0 saturated carbocycles. The zero-order valence-corrected chi connectivity index (χ0v) is 13.7. The van der Waals surface area contributed by atoms with Crippen LogP contribution in [0.2, 0.25) is 0 Å². The van der Waals surface area contributed by atoms with Gasteiger partial charge in [-0.2, -0.15) is 0 Å². The van der Waals surface area contributed by atoms with Crippen molar-refractivity contribution in [2.45, 2.75) is 25.9 Å². The molecule has 0 radical (unpaired) electrons. The Morgan fingerprint density at radius 2 is 1.59 bits per heavy atom. The summed E-state index contributed by atoms with van der Waals surface area (Å²) in [5.74, 6) is 0.895. The summed E-state index contributed by atoms with van der Waals surface area (Å²) in [5.41, 5.74) is 1.58. The first kappa shape index (κ1) is 16.1. The molecule has 0 unspecified atom stereocenters. The lowest BCUT2D eigenvalue weighted by Crippen LogP contribution is -2.39. The normalized spacial score (nSPS) is 11.1. The molecule has 0 atom stereocenters. The molecule has 3 nitrogen and oxygen atoms in total. The Labute approximate surface area is 132 Å². The van der Waals surface area contributed by atoms with E-state index in [0.29, 0.717) is 6.61 Å². The molecule has 0 fully saturated rings. The minimum Gasteiger partial charge on any atom is -0.489 e. The summed E-state index contributed by atoms with van der Waals surface area (Å²) in [6.45, 7) is 4.42. The first-order valence-corrected chi connectivity index (χ1v) is 7.40. The topological polar surface area (TPSA) is 29.5 Å². The maximum absolute atomic E-state index is 12.3. The van der Waals surface area contributed by atoms with Crippen LogP contribution >= 0.6 is 0 Å². The van der Waals surface area contributed by atoms with E-state index in [1.807, 2.05) is 68.4 Å². The fraction of sp³-hybridized carbons (Fsp3) is 0.316. The number of nitrogens with zero attached hydrogens (tertiary/aromatic N) is 1. The minimum absolute atomic E-state index is 0.0884. The van der Waals surface area contributed by atoms with Crippen LogP contribution in [0, 0.1) is 0 Å². The van der Waals surface area contributed by atoms with E-state index in [4.69, 9.17) is 4.74 Å². The van der Waals surface area contributed by atoms with Gasteiger partial charge < -0.3 is 9.64 Å². The van der Waals surface area contributed by atoms with Gasteiger partial charge in [0.1, 0.15) is 12.4 Å². The van der Waals surface area contributed by atoms with Gasteiger partial charge in [0.25, 0.3) is 0 Å². The van der Waals surface area contributed by atoms with Crippen molar-refractivity contribution < 1.29 is 9.53 Å². The van der Waals surface area contributed by atoms with Crippen molar-refractivity contribution in [3.05, 3.63) is 65.7 Å². The van der Waals surface area contributed by atoms with Crippen LogP contribution in [0.3, 0.4) is 0 Å². The first-order chi connectivity index (χ1) is 10.4. The van der Waals surface area contributed by atoms with E-state index in [0.717, 1.165) is 16.9 Å². The van der Waals surface area contributed by atoms with Crippen molar-refractivity contribution in [2.75, 3.05) is 14.1 Å². The third-order valence-corrected chi connectivity index (χ3v) is 3.77. The average molecular weight is 297 g/mol. The highest BCUT2D eigenvalue weighted by Gasteiger charge is 2.30. The average Bonchev–Trinajstić information content (AvgIpc) is 2.53. The summed E-state index contributed by atoms with van der Waals surface area (Å²) in [7, 11) is 3.56. The molecule has 0 aromatic heterocycles. The van der Waals surface area contributed by atoms with Gasteiger partial charge in [-0.3, -0.25) is 4.79 Å². The van der Waals surface area contributed by atoms with Crippen LogP contribution in [0.4, 0.5) is 0 Å². The maximum atomic E-state index is 12.3. The van der Waals surface area contributed by atoms with Crippen LogP contribution in [-0.4, -0.2) is 24.9 Å². The number of benzene rings is 2. The van der Waals surface area contributed by atoms with Gasteiger partial charge in [-0.1, -0.05) is 42.5 Å². The van der Waals surface area contributed by atoms with Gasteiger partial charge in [-0.15, -0.1) is 0 Å². The number of amides is 1. The molecule has 3 heteroatoms. The first-order valence-electron chi connectivity index (χ1n) is 7.40. The molecule has 2 rings (SSSR count). The van der Waals surface area contributed by atoms with E-state index in [-0.39, 0.29) is 5.91 Å². The third kappa shape index (κ3) is 3.67. The van der Waals surface area contributed by atoms with Gasteiger partial charge in [-0.25, -0.2) is 0 Å². The van der Waals surface area contributed by atoms with E-state index in [1.54, 1.807) is 19.0 Å². The predicted molar refractivity (Wildman–Crippen MR) is 88.9 cm³/mol. The summed E-state index contributed by atoms with van der Waals surface area (Å²) in [4.78, 5) is 13.9. The van der Waals surface area contributed by atoms with E-state index in [9.17, 15) is 4.79 Å². The number of hydrogen-bond acceptors (Lipinski definition) is 2. The lowest BCUT2D eigenvalue weighted by atomic mass is 9.83. The van der Waals surface area contributed by atoms with E-state index in [1.165, 1.54) is 0 Å². The van der Waals surface area contributed by atoms with Crippen molar-refractivity contribution >= 4 is 5.91 Å². The number of hydrogen-bond donors (Lipinski definition) is 0. The fourth-order valence-corrected chi connectivity index (χ4v) is 2.39. The van der Waals surface area contributed by atoms with Crippen LogP contribution in [0.1, 0.15) is 25.0 Å². The highest BCUT2D eigenvalue weighted by atomic mass is 16.5. The molecule has 116 valence electrons. The molecule has 1 amide bonds. The van der Waals surface area contributed by atoms with Gasteiger partial charge in [-0.05, 0) is 37.1 Å². The Bertz CT molecular complexity index is 616. The number of likely N-dealkylation sites (N-methyl/N-ethyl adjacent to an activating group) is 1. The summed E-state index contributed by atoms with van der Waals surface area (Å²) >= 11 is 0. The van der Waals surface area contributed by atoms with Crippen LogP contribution in [0.5, 0.6) is 5.75 Å². The van der Waals surface area contributed by atoms with Crippen molar-refractivity contribution in [1.82, 2.24) is 4.90 Å². The number of carbonyl (C=O) groups is 1. The highest BCUT2D eigenvalue weighted by Crippen LogP contribution is 2.27. The number of rotatable bonds is 5. The molecule has 0 bridgehead atoms. The summed E-state index contributed by atoms with van der Waals surface area (Å²) < 4.78 is 5.77. The van der Waals surface area contributed by atoms with Crippen molar-refractivity contribution in [3.63, 3.8) is 0 Å². The van der Waals surface area contributed by atoms with Gasteiger partial charge in [0.2, 0.25) is 5.91 Å². The van der Waals surface area contributed by atoms with Crippen molar-refractivity contribution in [1.29, 1.82) is 0 Å². The Hall–Kier alpha value is -2.29. The summed E-state index contributed by atoms with van der Waals surface area (Å²) in [6.07, 6.45) is 0. The van der Waals surface area contributed by atoms with Gasteiger partial charge in [0.05, 0.1) is 5.41 Å². The number of carbonyl (C=O) groups excluding carboxylic acids is 1. The molecule has 0 heterocycles. The molecule has 2 aromatic carbocycles. The Balaban J connectivity index is 2.05. The van der Waals surface area contributed by atoms with Crippen molar-refractivity contribution in [2.24, 2.45) is 0 Å². The highest BCUT2D eigenvalue weighted by molar-refractivity contribution is 5.87. The maximum Gasteiger partial charge on any atom is 0.232 e. The molecule has 0 spiro atoms. The van der Waals surface area contributed by atoms with E-state index < -0.39 is 5.41 Å². The second-order valence-electron chi connectivity index (χ2n) is 6.12. The Morgan fingerprint density at radius 3 is 2.14 bits per heavy atom. The summed E-state index contributed by atoms with van der Waals surface area (Å²) in [5, 5.41) is 0. The Kier molecular flexibility index (Phi) is 4.86. The molecular formula is C19H23NO2. The van der Waals surface area contributed by atoms with E-state index >= 15 is 0 Å².